The summed E-state index contributed by atoms with van der Waals surface area (Å²) in [4.78, 5) is 26.9. The van der Waals surface area contributed by atoms with E-state index in [1.54, 1.807) is 12.1 Å². The third kappa shape index (κ3) is 4.89. The average Bonchev–Trinajstić information content (AvgIpc) is 2.70. The Bertz CT molecular complexity index is 784. The fourth-order valence-corrected chi connectivity index (χ4v) is 3.79. The van der Waals surface area contributed by atoms with Crippen molar-refractivity contribution in [1.29, 1.82) is 0 Å². The van der Waals surface area contributed by atoms with E-state index in [-0.39, 0.29) is 11.7 Å². The molecule has 6 nitrogen and oxygen atoms in total. The number of rotatable bonds is 5. The van der Waals surface area contributed by atoms with Gasteiger partial charge in [-0.3, -0.25) is 15.0 Å². The summed E-state index contributed by atoms with van der Waals surface area (Å²) >= 11 is 0. The summed E-state index contributed by atoms with van der Waals surface area (Å²) < 4.78 is 0. The van der Waals surface area contributed by atoms with Crippen LogP contribution in [0.1, 0.15) is 42.9 Å². The number of likely N-dealkylation sites (tertiary alicyclic amines) is 1. The van der Waals surface area contributed by atoms with E-state index in [0.717, 1.165) is 31.5 Å². The number of imide groups is 1. The van der Waals surface area contributed by atoms with Crippen LogP contribution in [0.5, 0.6) is 5.75 Å². The van der Waals surface area contributed by atoms with Crippen molar-refractivity contribution in [2.75, 3.05) is 19.6 Å². The maximum absolute atomic E-state index is 12.9. The van der Waals surface area contributed by atoms with Crippen LogP contribution < -0.4 is 10.6 Å². The summed E-state index contributed by atoms with van der Waals surface area (Å²) in [5, 5.41) is 14.6. The third-order valence-corrected chi connectivity index (χ3v) is 5.20. The zero-order valence-corrected chi connectivity index (χ0v) is 16.1. The second kappa shape index (κ2) is 9.37. The Kier molecular flexibility index (Phi) is 6.66. The number of hydrogen-bond acceptors (Lipinski definition) is 4. The first-order valence-electron chi connectivity index (χ1n) is 9.75. The topological polar surface area (TPSA) is 81.7 Å². The summed E-state index contributed by atoms with van der Waals surface area (Å²) in [6, 6.07) is 16.0. The van der Waals surface area contributed by atoms with Crippen LogP contribution in [0, 0.1) is 0 Å². The van der Waals surface area contributed by atoms with E-state index in [2.05, 4.69) is 15.5 Å². The van der Waals surface area contributed by atoms with Crippen molar-refractivity contribution >= 4 is 11.9 Å². The van der Waals surface area contributed by atoms with Gasteiger partial charge < -0.3 is 10.4 Å². The van der Waals surface area contributed by atoms with E-state index >= 15 is 0 Å². The molecule has 2 aromatic rings. The van der Waals surface area contributed by atoms with Crippen molar-refractivity contribution in [3.05, 3.63) is 65.7 Å². The van der Waals surface area contributed by atoms with Gasteiger partial charge in [-0.15, -0.1) is 0 Å². The number of nitrogens with one attached hydrogen (secondary N) is 2. The molecule has 3 amide bonds. The van der Waals surface area contributed by atoms with Gasteiger partial charge in [-0.25, -0.2) is 4.79 Å². The Labute approximate surface area is 165 Å². The Balaban J connectivity index is 1.71. The number of phenolic OH excluding ortho intramolecular Hbond substituents is 1. The van der Waals surface area contributed by atoms with Crippen molar-refractivity contribution < 1.29 is 14.7 Å². The lowest BCUT2D eigenvalue weighted by Crippen LogP contribution is -2.48. The quantitative estimate of drug-likeness (QED) is 0.743. The number of amides is 3. The molecule has 0 saturated carbocycles. The highest BCUT2D eigenvalue weighted by atomic mass is 16.3. The molecule has 0 aliphatic carbocycles. The number of urea groups is 1. The fraction of sp³-hybridized carbons (Fsp3) is 0.364. The van der Waals surface area contributed by atoms with Gasteiger partial charge in [0.25, 0.3) is 0 Å². The molecule has 2 aromatic carbocycles. The highest BCUT2D eigenvalue weighted by Gasteiger charge is 2.32. The van der Waals surface area contributed by atoms with Crippen LogP contribution >= 0.6 is 0 Å². The van der Waals surface area contributed by atoms with E-state index in [1.165, 1.54) is 5.56 Å². The molecule has 1 heterocycles. The lowest BCUT2D eigenvalue weighted by atomic mass is 9.88. The smallest absolute Gasteiger partial charge is 0.321 e. The Morgan fingerprint density at radius 2 is 1.71 bits per heavy atom. The zero-order chi connectivity index (χ0) is 19.9. The van der Waals surface area contributed by atoms with Gasteiger partial charge in [0.05, 0.1) is 0 Å². The standard InChI is InChI=1S/C22H27N3O3/c1-2-23-22(28)24-21(27)20(18-6-4-3-5-7-18)25-14-12-17(13-15-25)16-8-10-19(26)11-9-16/h3-11,17,20,26H,2,12-15H2,1H3,(H2,23,24,27,28). The molecule has 0 bridgehead atoms. The monoisotopic (exact) mass is 381 g/mol. The third-order valence-electron chi connectivity index (χ3n) is 5.20. The lowest BCUT2D eigenvalue weighted by Gasteiger charge is -2.37. The van der Waals surface area contributed by atoms with Crippen LogP contribution in [0.25, 0.3) is 0 Å². The molecule has 1 fully saturated rings. The predicted octanol–water partition coefficient (Wildman–Crippen LogP) is 3.16. The minimum atomic E-state index is -0.496. The van der Waals surface area contributed by atoms with Gasteiger partial charge in [0.15, 0.2) is 0 Å². The molecular formula is C22H27N3O3. The second-order valence-corrected chi connectivity index (χ2v) is 7.06. The maximum Gasteiger partial charge on any atom is 0.321 e. The minimum Gasteiger partial charge on any atom is -0.508 e. The van der Waals surface area contributed by atoms with Gasteiger partial charge in [-0.05, 0) is 62.0 Å². The highest BCUT2D eigenvalue weighted by Crippen LogP contribution is 2.33. The number of carbonyl (C=O) groups excluding carboxylic acids is 2. The Morgan fingerprint density at radius 3 is 2.32 bits per heavy atom. The second-order valence-electron chi connectivity index (χ2n) is 7.06. The number of hydrogen-bond donors (Lipinski definition) is 3. The van der Waals surface area contributed by atoms with Crippen LogP contribution in [-0.2, 0) is 4.79 Å². The first kappa shape index (κ1) is 19.9. The molecule has 0 radical (unpaired) electrons. The molecule has 1 atom stereocenters. The van der Waals surface area contributed by atoms with Crippen LogP contribution in [-0.4, -0.2) is 41.6 Å². The number of aromatic hydroxyl groups is 1. The SMILES string of the molecule is CCNC(=O)NC(=O)C(c1ccccc1)N1CCC(c2ccc(O)cc2)CC1. The zero-order valence-electron chi connectivity index (χ0n) is 16.1. The van der Waals surface area contributed by atoms with Crippen molar-refractivity contribution in [3.8, 4) is 5.75 Å². The molecule has 6 heteroatoms. The van der Waals surface area contributed by atoms with Crippen LogP contribution in [0.2, 0.25) is 0 Å². The molecule has 1 aliphatic rings. The molecule has 3 rings (SSSR count). The van der Waals surface area contributed by atoms with Crippen molar-refractivity contribution in [1.82, 2.24) is 15.5 Å². The molecule has 3 N–H and O–H groups in total. The van der Waals surface area contributed by atoms with Crippen molar-refractivity contribution in [2.45, 2.75) is 31.7 Å². The summed E-state index contributed by atoms with van der Waals surface area (Å²) in [6.07, 6.45) is 1.84. The van der Waals surface area contributed by atoms with Gasteiger partial charge >= 0.3 is 6.03 Å². The normalized spacial score (nSPS) is 16.3. The first-order chi connectivity index (χ1) is 13.6. The molecule has 0 aromatic heterocycles. The number of benzene rings is 2. The van der Waals surface area contributed by atoms with Gasteiger partial charge in [-0.1, -0.05) is 42.5 Å². The largest absolute Gasteiger partial charge is 0.508 e. The number of carbonyl (C=O) groups is 2. The molecule has 1 saturated heterocycles. The van der Waals surface area contributed by atoms with E-state index in [9.17, 15) is 14.7 Å². The fourth-order valence-electron chi connectivity index (χ4n) is 3.79. The number of nitrogens with zero attached hydrogens (tertiary/aromatic N) is 1. The average molecular weight is 381 g/mol. The molecular weight excluding hydrogens is 354 g/mol. The maximum atomic E-state index is 12.9. The van der Waals surface area contributed by atoms with E-state index in [4.69, 9.17) is 0 Å². The van der Waals surface area contributed by atoms with Crippen LogP contribution in [0.3, 0.4) is 0 Å². The molecule has 148 valence electrons. The van der Waals surface area contributed by atoms with Crippen molar-refractivity contribution in [3.63, 3.8) is 0 Å². The number of phenols is 1. The van der Waals surface area contributed by atoms with E-state index in [1.807, 2.05) is 49.4 Å². The minimum absolute atomic E-state index is 0.271. The van der Waals surface area contributed by atoms with Gasteiger partial charge in [0, 0.05) is 6.54 Å². The highest BCUT2D eigenvalue weighted by molar-refractivity contribution is 5.97. The van der Waals surface area contributed by atoms with Gasteiger partial charge in [0.2, 0.25) is 5.91 Å². The van der Waals surface area contributed by atoms with Crippen molar-refractivity contribution in [2.24, 2.45) is 0 Å². The molecule has 1 aliphatic heterocycles. The van der Waals surface area contributed by atoms with Gasteiger partial charge in [0.1, 0.15) is 11.8 Å². The Morgan fingerprint density at radius 1 is 1.07 bits per heavy atom. The Hall–Kier alpha value is -2.86. The van der Waals surface area contributed by atoms with Crippen LogP contribution in [0.4, 0.5) is 4.79 Å². The van der Waals surface area contributed by atoms with Crippen LogP contribution in [0.15, 0.2) is 54.6 Å². The van der Waals surface area contributed by atoms with E-state index in [0.29, 0.717) is 12.5 Å². The lowest BCUT2D eigenvalue weighted by molar-refractivity contribution is -0.126. The number of piperidine rings is 1. The first-order valence-corrected chi connectivity index (χ1v) is 9.75. The summed E-state index contributed by atoms with van der Waals surface area (Å²) in [6.45, 7) is 3.79. The van der Waals surface area contributed by atoms with Gasteiger partial charge in [-0.2, -0.15) is 0 Å². The molecule has 28 heavy (non-hydrogen) atoms. The summed E-state index contributed by atoms with van der Waals surface area (Å²) in [5.41, 5.74) is 2.09. The molecule has 0 spiro atoms. The molecule has 1 unspecified atom stereocenters. The summed E-state index contributed by atoms with van der Waals surface area (Å²) in [5.74, 6) is 0.368. The predicted molar refractivity (Wildman–Crippen MR) is 108 cm³/mol. The summed E-state index contributed by atoms with van der Waals surface area (Å²) in [7, 11) is 0. The van der Waals surface area contributed by atoms with E-state index < -0.39 is 12.1 Å².